The molecule has 0 aliphatic heterocycles. The fourth-order valence-electron chi connectivity index (χ4n) is 0.786. The largest absolute Gasteiger partial charge is 0.396 e. The van der Waals surface area contributed by atoms with Crippen molar-refractivity contribution < 1.29 is 13.9 Å². The molecule has 0 saturated heterocycles. The van der Waals surface area contributed by atoms with E-state index in [1.54, 1.807) is 0 Å². The lowest BCUT2D eigenvalue weighted by molar-refractivity contribution is 0.0758. The number of alkyl halides is 2. The second kappa shape index (κ2) is 4.61. The molecule has 0 fully saturated rings. The molecule has 0 aromatic heterocycles. The van der Waals surface area contributed by atoms with Gasteiger partial charge in [-0.2, -0.15) is 0 Å². The van der Waals surface area contributed by atoms with E-state index in [1.807, 2.05) is 13.8 Å². The lowest BCUT2D eigenvalue weighted by atomic mass is 9.94. The molecule has 0 rings (SSSR count). The molecule has 1 unspecified atom stereocenters. The van der Waals surface area contributed by atoms with Crippen LogP contribution in [0, 0.1) is 11.8 Å². The number of halogens is 2. The summed E-state index contributed by atoms with van der Waals surface area (Å²) in [6.07, 6.45) is -2.48. The predicted octanol–water partition coefficient (Wildman–Crippen LogP) is 1.91. The zero-order valence-corrected chi connectivity index (χ0v) is 6.35. The highest BCUT2D eigenvalue weighted by atomic mass is 19.3. The van der Waals surface area contributed by atoms with Crippen LogP contribution in [0.5, 0.6) is 0 Å². The molecule has 1 nitrogen and oxygen atoms in total. The first-order valence-corrected chi connectivity index (χ1v) is 3.47. The second-order valence-electron chi connectivity index (χ2n) is 2.81. The van der Waals surface area contributed by atoms with E-state index < -0.39 is 6.43 Å². The fraction of sp³-hybridized carbons (Fsp3) is 1.00. The average molecular weight is 152 g/mol. The second-order valence-corrected chi connectivity index (χ2v) is 2.81. The highest BCUT2D eigenvalue weighted by Gasteiger charge is 2.16. The van der Waals surface area contributed by atoms with Crippen LogP contribution in [0.4, 0.5) is 8.78 Å². The molecule has 0 aromatic carbocycles. The summed E-state index contributed by atoms with van der Waals surface area (Å²) in [5.74, 6) is -0.112. The molecule has 3 heteroatoms. The van der Waals surface area contributed by atoms with Gasteiger partial charge in [0.25, 0.3) is 0 Å². The van der Waals surface area contributed by atoms with Crippen molar-refractivity contribution in [3.63, 3.8) is 0 Å². The van der Waals surface area contributed by atoms with Crippen LogP contribution in [0.1, 0.15) is 20.3 Å². The normalized spacial score (nSPS) is 14.7. The summed E-state index contributed by atoms with van der Waals surface area (Å²) >= 11 is 0. The number of aliphatic hydroxyl groups excluding tert-OH is 1. The maximum absolute atomic E-state index is 11.7. The molecule has 0 saturated carbocycles. The Hall–Kier alpha value is -0.180. The molecule has 0 aliphatic carbocycles. The summed E-state index contributed by atoms with van der Waals surface area (Å²) < 4.78 is 23.4. The minimum atomic E-state index is -2.29. The van der Waals surface area contributed by atoms with Crippen molar-refractivity contribution >= 4 is 0 Å². The third kappa shape index (κ3) is 3.77. The van der Waals surface area contributed by atoms with Gasteiger partial charge in [-0.05, 0) is 11.8 Å². The van der Waals surface area contributed by atoms with Crippen molar-refractivity contribution in [1.29, 1.82) is 0 Å². The molecular weight excluding hydrogens is 138 g/mol. The predicted molar refractivity (Wildman–Crippen MR) is 36.0 cm³/mol. The first-order valence-electron chi connectivity index (χ1n) is 3.47. The zero-order chi connectivity index (χ0) is 8.15. The molecule has 62 valence electrons. The molecule has 10 heavy (non-hydrogen) atoms. The Morgan fingerprint density at radius 1 is 1.30 bits per heavy atom. The molecule has 1 atom stereocenters. The van der Waals surface area contributed by atoms with Crippen molar-refractivity contribution in [1.82, 2.24) is 0 Å². The maximum atomic E-state index is 11.7. The maximum Gasteiger partial charge on any atom is 0.239 e. The Labute approximate surface area is 60.1 Å². The van der Waals surface area contributed by atoms with Crippen LogP contribution in [0.25, 0.3) is 0 Å². The SMILES string of the molecule is CC(C)C(CO)CC(F)F. The molecule has 0 aliphatic rings. The minimum Gasteiger partial charge on any atom is -0.396 e. The first kappa shape index (κ1) is 9.82. The monoisotopic (exact) mass is 152 g/mol. The number of hydrogen-bond donors (Lipinski definition) is 1. The Morgan fingerprint density at radius 2 is 1.80 bits per heavy atom. The molecule has 0 amide bonds. The highest BCUT2D eigenvalue weighted by molar-refractivity contribution is 4.62. The van der Waals surface area contributed by atoms with E-state index in [0.717, 1.165) is 0 Å². The van der Waals surface area contributed by atoms with Gasteiger partial charge in [-0.1, -0.05) is 13.8 Å². The molecule has 0 heterocycles. The van der Waals surface area contributed by atoms with Gasteiger partial charge in [0.1, 0.15) is 0 Å². The lowest BCUT2D eigenvalue weighted by Gasteiger charge is -2.16. The first-order chi connectivity index (χ1) is 4.57. The lowest BCUT2D eigenvalue weighted by Crippen LogP contribution is -2.16. The summed E-state index contributed by atoms with van der Waals surface area (Å²) in [7, 11) is 0. The van der Waals surface area contributed by atoms with Crippen molar-refractivity contribution in [3.8, 4) is 0 Å². The van der Waals surface area contributed by atoms with Gasteiger partial charge in [0.2, 0.25) is 6.43 Å². The van der Waals surface area contributed by atoms with Crippen molar-refractivity contribution in [2.24, 2.45) is 11.8 Å². The van der Waals surface area contributed by atoms with Gasteiger partial charge in [0.05, 0.1) is 0 Å². The number of aliphatic hydroxyl groups is 1. The zero-order valence-electron chi connectivity index (χ0n) is 6.35. The molecule has 0 bridgehead atoms. The van der Waals surface area contributed by atoms with E-state index in [9.17, 15) is 8.78 Å². The smallest absolute Gasteiger partial charge is 0.239 e. The number of hydrogen-bond acceptors (Lipinski definition) is 1. The standard InChI is InChI=1S/C7H14F2O/c1-5(2)6(4-10)3-7(8)9/h5-7,10H,3-4H2,1-2H3. The van der Waals surface area contributed by atoms with Crippen LogP contribution in [0.3, 0.4) is 0 Å². The number of rotatable bonds is 4. The van der Waals surface area contributed by atoms with Crippen molar-refractivity contribution in [2.75, 3.05) is 6.61 Å². The van der Waals surface area contributed by atoms with Crippen molar-refractivity contribution in [2.45, 2.75) is 26.7 Å². The minimum absolute atomic E-state index is 0.137. The topological polar surface area (TPSA) is 20.2 Å². The third-order valence-corrected chi connectivity index (χ3v) is 1.66. The van der Waals surface area contributed by atoms with Gasteiger partial charge >= 0.3 is 0 Å². The average Bonchev–Trinajstić information content (AvgIpc) is 1.81. The van der Waals surface area contributed by atoms with Gasteiger partial charge in [0, 0.05) is 13.0 Å². The summed E-state index contributed by atoms with van der Waals surface area (Å²) in [6.45, 7) is 3.54. The van der Waals surface area contributed by atoms with Crippen LogP contribution >= 0.6 is 0 Å². The highest BCUT2D eigenvalue weighted by Crippen LogP contribution is 2.18. The summed E-state index contributed by atoms with van der Waals surface area (Å²) in [5, 5.41) is 8.61. The third-order valence-electron chi connectivity index (χ3n) is 1.66. The van der Waals surface area contributed by atoms with Gasteiger partial charge < -0.3 is 5.11 Å². The molecule has 0 spiro atoms. The van der Waals surface area contributed by atoms with Gasteiger partial charge in [-0.3, -0.25) is 0 Å². The summed E-state index contributed by atoms with van der Waals surface area (Å²) in [4.78, 5) is 0. The van der Waals surface area contributed by atoms with E-state index in [0.29, 0.717) is 0 Å². The summed E-state index contributed by atoms with van der Waals surface area (Å²) in [6, 6.07) is 0. The van der Waals surface area contributed by atoms with Crippen molar-refractivity contribution in [3.05, 3.63) is 0 Å². The van der Waals surface area contributed by atoms with E-state index in [2.05, 4.69) is 0 Å². The van der Waals surface area contributed by atoms with Gasteiger partial charge in [0.15, 0.2) is 0 Å². The van der Waals surface area contributed by atoms with Gasteiger partial charge in [-0.25, -0.2) is 8.78 Å². The molecular formula is C7H14F2O. The van der Waals surface area contributed by atoms with E-state index >= 15 is 0 Å². The van der Waals surface area contributed by atoms with Crippen LogP contribution in [-0.4, -0.2) is 18.1 Å². The van der Waals surface area contributed by atoms with E-state index in [-0.39, 0.29) is 24.9 Å². The van der Waals surface area contributed by atoms with E-state index in [4.69, 9.17) is 5.11 Å². The van der Waals surface area contributed by atoms with Crippen LogP contribution < -0.4 is 0 Å². The quantitative estimate of drug-likeness (QED) is 0.652. The van der Waals surface area contributed by atoms with Crippen LogP contribution in [0.15, 0.2) is 0 Å². The summed E-state index contributed by atoms with van der Waals surface area (Å²) in [5.41, 5.74) is 0. The Balaban J connectivity index is 3.60. The molecule has 1 N–H and O–H groups in total. The van der Waals surface area contributed by atoms with E-state index in [1.165, 1.54) is 0 Å². The Morgan fingerprint density at radius 3 is 1.90 bits per heavy atom. The van der Waals surface area contributed by atoms with Crippen LogP contribution in [0.2, 0.25) is 0 Å². The molecule has 0 aromatic rings. The van der Waals surface area contributed by atoms with Crippen LogP contribution in [-0.2, 0) is 0 Å². The molecule has 0 radical (unpaired) electrons. The fourth-order valence-corrected chi connectivity index (χ4v) is 0.786. The Bertz CT molecular complexity index is 83.7. The Kier molecular flexibility index (Phi) is 4.52. The van der Waals surface area contributed by atoms with Gasteiger partial charge in [-0.15, -0.1) is 0 Å².